The summed E-state index contributed by atoms with van der Waals surface area (Å²) in [4.78, 5) is 23.7. The molecule has 0 aliphatic rings. The van der Waals surface area contributed by atoms with Crippen molar-refractivity contribution >= 4 is 34.2 Å². The van der Waals surface area contributed by atoms with Crippen LogP contribution < -0.4 is 20.3 Å². The van der Waals surface area contributed by atoms with Gasteiger partial charge in [-0.15, -0.1) is 0 Å². The molecule has 2 amide bonds. The lowest BCUT2D eigenvalue weighted by Crippen LogP contribution is -2.45. The molecule has 0 unspecified atom stereocenters. The number of amides is 2. The van der Waals surface area contributed by atoms with Crippen LogP contribution in [0.3, 0.4) is 0 Å². The average molecular weight is 399 g/mol. The Morgan fingerprint density at radius 1 is 0.857 bits per heavy atom. The summed E-state index contributed by atoms with van der Waals surface area (Å²) in [7, 11) is 0. The highest BCUT2D eigenvalue weighted by Gasteiger charge is 2.09. The maximum Gasteiger partial charge on any atom is 0.276 e. The Balaban J connectivity index is 1.44. The molecule has 0 bridgehead atoms. The lowest BCUT2D eigenvalue weighted by atomic mass is 10.1. The van der Waals surface area contributed by atoms with Gasteiger partial charge in [0.2, 0.25) is 0 Å². The number of fused-ring (bicyclic) bond motifs is 1. The van der Waals surface area contributed by atoms with Gasteiger partial charge >= 0.3 is 0 Å². The predicted molar refractivity (Wildman–Crippen MR) is 107 cm³/mol. The second-order valence-electron chi connectivity index (χ2n) is 6.06. The maximum absolute atomic E-state index is 11.9. The van der Waals surface area contributed by atoms with Crippen LogP contribution in [0.25, 0.3) is 10.8 Å². The van der Waals surface area contributed by atoms with E-state index in [-0.39, 0.29) is 13.2 Å². The van der Waals surface area contributed by atoms with Crippen LogP contribution in [0.1, 0.15) is 5.56 Å². The summed E-state index contributed by atoms with van der Waals surface area (Å²) in [6.45, 7) is 1.35. The van der Waals surface area contributed by atoms with E-state index in [2.05, 4.69) is 10.9 Å². The average Bonchev–Trinajstić information content (AvgIpc) is 2.70. The Morgan fingerprint density at radius 3 is 2.21 bits per heavy atom. The number of nitrogens with one attached hydrogen (secondary N) is 2. The molecule has 0 saturated heterocycles. The van der Waals surface area contributed by atoms with Crippen LogP contribution in [-0.4, -0.2) is 25.0 Å². The number of halogens is 1. The fraction of sp³-hybridized carbons (Fsp3) is 0.143. The molecule has 0 aliphatic heterocycles. The van der Waals surface area contributed by atoms with E-state index in [1.54, 1.807) is 24.3 Å². The molecule has 0 heterocycles. The Bertz CT molecular complexity index is 1000. The van der Waals surface area contributed by atoms with E-state index >= 15 is 0 Å². The van der Waals surface area contributed by atoms with Gasteiger partial charge in [-0.1, -0.05) is 48.0 Å². The van der Waals surface area contributed by atoms with Crippen LogP contribution in [0.15, 0.2) is 60.7 Å². The zero-order chi connectivity index (χ0) is 19.9. The summed E-state index contributed by atoms with van der Waals surface area (Å²) in [5.74, 6) is 0.170. The topological polar surface area (TPSA) is 76.7 Å². The quantitative estimate of drug-likeness (QED) is 0.624. The van der Waals surface area contributed by atoms with E-state index in [1.165, 1.54) is 0 Å². The summed E-state index contributed by atoms with van der Waals surface area (Å²) in [5, 5.41) is 2.52. The molecule has 0 atom stereocenters. The predicted octanol–water partition coefficient (Wildman–Crippen LogP) is 3.41. The SMILES string of the molecule is Cc1cc(Cl)ccc1OCC(=O)NNC(=O)COc1cccc2ccccc12. The highest BCUT2D eigenvalue weighted by Crippen LogP contribution is 2.25. The van der Waals surface area contributed by atoms with Crippen LogP contribution in [0.2, 0.25) is 5.02 Å². The summed E-state index contributed by atoms with van der Waals surface area (Å²) >= 11 is 5.88. The molecule has 2 N–H and O–H groups in total. The van der Waals surface area contributed by atoms with Crippen LogP contribution in [-0.2, 0) is 9.59 Å². The molecule has 0 radical (unpaired) electrons. The fourth-order valence-electron chi connectivity index (χ4n) is 2.59. The molecular weight excluding hydrogens is 380 g/mol. The van der Waals surface area contributed by atoms with Crippen LogP contribution in [0.4, 0.5) is 0 Å². The second kappa shape index (κ2) is 9.10. The molecule has 144 valence electrons. The van der Waals surface area contributed by atoms with Crippen molar-refractivity contribution in [1.82, 2.24) is 10.9 Å². The first-order valence-corrected chi connectivity index (χ1v) is 8.98. The van der Waals surface area contributed by atoms with Crippen LogP contribution >= 0.6 is 11.6 Å². The van der Waals surface area contributed by atoms with Crippen LogP contribution in [0, 0.1) is 6.92 Å². The van der Waals surface area contributed by atoms with Gasteiger partial charge < -0.3 is 9.47 Å². The van der Waals surface area contributed by atoms with Gasteiger partial charge in [0.05, 0.1) is 0 Å². The van der Waals surface area contributed by atoms with Gasteiger partial charge in [0.1, 0.15) is 11.5 Å². The smallest absolute Gasteiger partial charge is 0.276 e. The van der Waals surface area contributed by atoms with Gasteiger partial charge in [0.25, 0.3) is 11.8 Å². The minimum absolute atomic E-state index is 0.231. The monoisotopic (exact) mass is 398 g/mol. The van der Waals surface area contributed by atoms with Gasteiger partial charge in [0, 0.05) is 10.4 Å². The van der Waals surface area contributed by atoms with Gasteiger partial charge in [-0.05, 0) is 42.1 Å². The van der Waals surface area contributed by atoms with Crippen molar-refractivity contribution in [2.75, 3.05) is 13.2 Å². The van der Waals surface area contributed by atoms with Crippen molar-refractivity contribution in [2.24, 2.45) is 0 Å². The number of carbonyl (C=O) groups is 2. The summed E-state index contributed by atoms with van der Waals surface area (Å²) in [6.07, 6.45) is 0. The van der Waals surface area contributed by atoms with Gasteiger partial charge in [0.15, 0.2) is 13.2 Å². The lowest BCUT2D eigenvalue weighted by Gasteiger charge is -2.12. The zero-order valence-electron chi connectivity index (χ0n) is 15.2. The van der Waals surface area contributed by atoms with E-state index in [1.807, 2.05) is 43.3 Å². The Kier molecular flexibility index (Phi) is 6.34. The summed E-state index contributed by atoms with van der Waals surface area (Å²) < 4.78 is 11.0. The Labute approximate surface area is 167 Å². The van der Waals surface area contributed by atoms with Crippen LogP contribution in [0.5, 0.6) is 11.5 Å². The number of benzene rings is 3. The first-order chi connectivity index (χ1) is 13.5. The molecule has 0 fully saturated rings. The highest BCUT2D eigenvalue weighted by molar-refractivity contribution is 6.30. The third-order valence-electron chi connectivity index (χ3n) is 3.95. The van der Waals surface area contributed by atoms with Crippen molar-refractivity contribution in [3.8, 4) is 11.5 Å². The summed E-state index contributed by atoms with van der Waals surface area (Å²) in [6, 6.07) is 18.4. The Morgan fingerprint density at radius 2 is 1.50 bits per heavy atom. The fourth-order valence-corrected chi connectivity index (χ4v) is 2.82. The lowest BCUT2D eigenvalue weighted by molar-refractivity contribution is -0.130. The van der Waals surface area contributed by atoms with Gasteiger partial charge in [-0.3, -0.25) is 20.4 Å². The third kappa shape index (κ3) is 5.14. The molecule has 3 aromatic rings. The molecule has 0 aliphatic carbocycles. The van der Waals surface area contributed by atoms with Gasteiger partial charge in [-0.25, -0.2) is 0 Å². The van der Waals surface area contributed by atoms with Crippen molar-refractivity contribution in [3.05, 3.63) is 71.2 Å². The van der Waals surface area contributed by atoms with E-state index in [0.29, 0.717) is 16.5 Å². The standard InChI is InChI=1S/C21H19ClN2O4/c1-14-11-16(22)9-10-18(14)27-12-20(25)23-24-21(26)13-28-19-8-4-6-15-5-2-3-7-17(15)19/h2-11H,12-13H2,1H3,(H,23,25)(H,24,26). The zero-order valence-corrected chi connectivity index (χ0v) is 16.0. The molecule has 3 aromatic carbocycles. The molecule has 3 rings (SSSR count). The van der Waals surface area contributed by atoms with Crippen molar-refractivity contribution in [1.29, 1.82) is 0 Å². The minimum atomic E-state index is -0.493. The molecule has 28 heavy (non-hydrogen) atoms. The number of rotatable bonds is 6. The Hall–Kier alpha value is -3.25. The number of carbonyl (C=O) groups excluding carboxylic acids is 2. The maximum atomic E-state index is 11.9. The second-order valence-corrected chi connectivity index (χ2v) is 6.50. The summed E-state index contributed by atoms with van der Waals surface area (Å²) in [5.41, 5.74) is 5.40. The van der Waals surface area contributed by atoms with Crippen molar-refractivity contribution in [3.63, 3.8) is 0 Å². The number of hydrogen-bond donors (Lipinski definition) is 2. The van der Waals surface area contributed by atoms with E-state index in [9.17, 15) is 9.59 Å². The largest absolute Gasteiger partial charge is 0.483 e. The van der Waals surface area contributed by atoms with E-state index < -0.39 is 11.8 Å². The number of hydrazine groups is 1. The first kappa shape index (κ1) is 19.5. The molecule has 0 saturated carbocycles. The third-order valence-corrected chi connectivity index (χ3v) is 4.18. The van der Waals surface area contributed by atoms with Crippen molar-refractivity contribution < 1.29 is 19.1 Å². The normalized spacial score (nSPS) is 10.4. The molecule has 7 heteroatoms. The molecular formula is C21H19ClN2O4. The molecule has 6 nitrogen and oxygen atoms in total. The van der Waals surface area contributed by atoms with E-state index in [4.69, 9.17) is 21.1 Å². The van der Waals surface area contributed by atoms with Crippen molar-refractivity contribution in [2.45, 2.75) is 6.92 Å². The molecule has 0 spiro atoms. The number of aryl methyl sites for hydroxylation is 1. The van der Waals surface area contributed by atoms with Gasteiger partial charge in [-0.2, -0.15) is 0 Å². The molecule has 0 aromatic heterocycles. The number of ether oxygens (including phenoxy) is 2. The number of hydrogen-bond acceptors (Lipinski definition) is 4. The minimum Gasteiger partial charge on any atom is -0.483 e. The first-order valence-electron chi connectivity index (χ1n) is 8.60. The highest BCUT2D eigenvalue weighted by atomic mass is 35.5. The van der Waals surface area contributed by atoms with E-state index in [0.717, 1.165) is 16.3 Å².